The summed E-state index contributed by atoms with van der Waals surface area (Å²) in [6, 6.07) is 2.03. The Morgan fingerprint density at radius 2 is 2.27 bits per heavy atom. The van der Waals surface area contributed by atoms with Gasteiger partial charge in [-0.15, -0.1) is 0 Å². The number of aliphatic hydroxyl groups is 1. The Morgan fingerprint density at radius 3 is 2.80 bits per heavy atom. The molecule has 0 aliphatic heterocycles. The number of nitro groups is 1. The van der Waals surface area contributed by atoms with Gasteiger partial charge in [-0.05, 0) is 6.07 Å². The first-order valence-electron chi connectivity index (χ1n) is 3.89. The Bertz CT molecular complexity index is 462. The van der Waals surface area contributed by atoms with Gasteiger partial charge in [0, 0.05) is 11.6 Å². The molecular weight excluding hydrogens is 203 g/mol. The van der Waals surface area contributed by atoms with Crippen molar-refractivity contribution >= 4 is 11.4 Å². The van der Waals surface area contributed by atoms with Crippen LogP contribution in [0.3, 0.4) is 0 Å². The van der Waals surface area contributed by atoms with Gasteiger partial charge in [-0.1, -0.05) is 11.8 Å². The SMILES string of the molecule is Nc1c(F)cc(C#CCO)cc1[N+](=O)[O-]. The Kier molecular flexibility index (Phi) is 3.21. The van der Waals surface area contributed by atoms with E-state index in [2.05, 4.69) is 11.8 Å². The average molecular weight is 210 g/mol. The van der Waals surface area contributed by atoms with Crippen LogP contribution < -0.4 is 5.73 Å². The van der Waals surface area contributed by atoms with Crippen LogP contribution in [0.5, 0.6) is 0 Å². The molecule has 1 aromatic carbocycles. The van der Waals surface area contributed by atoms with Crippen LogP contribution in [0, 0.1) is 27.8 Å². The molecule has 0 aliphatic rings. The molecule has 15 heavy (non-hydrogen) atoms. The van der Waals surface area contributed by atoms with Crippen molar-refractivity contribution in [1.29, 1.82) is 0 Å². The molecule has 0 heterocycles. The van der Waals surface area contributed by atoms with Crippen LogP contribution in [0.4, 0.5) is 15.8 Å². The van der Waals surface area contributed by atoms with E-state index in [0.717, 1.165) is 12.1 Å². The lowest BCUT2D eigenvalue weighted by Crippen LogP contribution is -1.99. The zero-order valence-corrected chi connectivity index (χ0v) is 7.53. The van der Waals surface area contributed by atoms with Crippen LogP contribution in [0.15, 0.2) is 12.1 Å². The highest BCUT2D eigenvalue weighted by molar-refractivity contribution is 5.62. The van der Waals surface area contributed by atoms with E-state index in [1.165, 1.54) is 0 Å². The molecule has 0 radical (unpaired) electrons. The number of benzene rings is 1. The Balaban J connectivity index is 3.29. The van der Waals surface area contributed by atoms with Crippen LogP contribution in [-0.4, -0.2) is 16.6 Å². The summed E-state index contributed by atoms with van der Waals surface area (Å²) < 4.78 is 13.1. The molecule has 1 rings (SSSR count). The van der Waals surface area contributed by atoms with Gasteiger partial charge >= 0.3 is 0 Å². The maximum Gasteiger partial charge on any atom is 0.296 e. The van der Waals surface area contributed by atoms with Crippen LogP contribution in [0.1, 0.15) is 5.56 Å². The van der Waals surface area contributed by atoms with Crippen LogP contribution >= 0.6 is 0 Å². The van der Waals surface area contributed by atoms with E-state index in [1.807, 2.05) is 0 Å². The molecule has 78 valence electrons. The summed E-state index contributed by atoms with van der Waals surface area (Å²) in [6.45, 7) is -0.403. The predicted molar refractivity (Wildman–Crippen MR) is 51.4 cm³/mol. The van der Waals surface area contributed by atoms with Gasteiger partial charge in [-0.2, -0.15) is 0 Å². The molecule has 0 saturated carbocycles. The molecule has 6 heteroatoms. The van der Waals surface area contributed by atoms with Crippen molar-refractivity contribution in [3.63, 3.8) is 0 Å². The normalized spacial score (nSPS) is 9.20. The summed E-state index contributed by atoms with van der Waals surface area (Å²) in [5.74, 6) is 3.71. The molecule has 3 N–H and O–H groups in total. The number of anilines is 1. The summed E-state index contributed by atoms with van der Waals surface area (Å²) in [7, 11) is 0. The lowest BCUT2D eigenvalue weighted by Gasteiger charge is -1.99. The highest BCUT2D eigenvalue weighted by atomic mass is 19.1. The summed E-state index contributed by atoms with van der Waals surface area (Å²) in [5.41, 5.74) is 4.22. The number of halogens is 1. The molecular formula is C9H7FN2O3. The fraction of sp³-hybridized carbons (Fsp3) is 0.111. The quantitative estimate of drug-likeness (QED) is 0.308. The minimum Gasteiger partial charge on any atom is -0.391 e. The standard InChI is InChI=1S/C9H7FN2O3/c10-7-4-6(2-1-3-13)5-8(9(7)11)12(14)15/h4-5,13H,3,11H2. The number of nitrogen functional groups attached to an aromatic ring is 1. The Labute approximate surface area is 84.5 Å². The van der Waals surface area contributed by atoms with Crippen LogP contribution in [-0.2, 0) is 0 Å². The van der Waals surface area contributed by atoms with Gasteiger partial charge in [-0.3, -0.25) is 10.1 Å². The van der Waals surface area contributed by atoms with Gasteiger partial charge in [0.1, 0.15) is 12.3 Å². The number of nitro benzene ring substituents is 1. The number of hydrogen-bond donors (Lipinski definition) is 2. The van der Waals surface area contributed by atoms with E-state index in [4.69, 9.17) is 10.8 Å². The van der Waals surface area contributed by atoms with E-state index in [0.29, 0.717) is 0 Å². The molecule has 5 nitrogen and oxygen atoms in total. The number of hydrogen-bond acceptors (Lipinski definition) is 4. The molecule has 0 amide bonds. The second-order valence-electron chi connectivity index (χ2n) is 2.61. The highest BCUT2D eigenvalue weighted by Crippen LogP contribution is 2.25. The van der Waals surface area contributed by atoms with Gasteiger partial charge in [-0.25, -0.2) is 4.39 Å². The Morgan fingerprint density at radius 1 is 1.60 bits per heavy atom. The maximum absolute atomic E-state index is 13.1. The summed E-state index contributed by atoms with van der Waals surface area (Å²) in [5, 5.41) is 18.9. The van der Waals surface area contributed by atoms with Crippen molar-refractivity contribution in [2.24, 2.45) is 0 Å². The molecule has 0 saturated heterocycles. The van der Waals surface area contributed by atoms with Crippen molar-refractivity contribution in [3.05, 3.63) is 33.6 Å². The Hall–Kier alpha value is -2.13. The fourth-order valence-corrected chi connectivity index (χ4v) is 0.968. The van der Waals surface area contributed by atoms with E-state index in [9.17, 15) is 14.5 Å². The minimum absolute atomic E-state index is 0.0995. The van der Waals surface area contributed by atoms with Crippen molar-refractivity contribution in [3.8, 4) is 11.8 Å². The molecule has 0 atom stereocenters. The van der Waals surface area contributed by atoms with Gasteiger partial charge < -0.3 is 10.8 Å². The average Bonchev–Trinajstić information content (AvgIpc) is 2.19. The smallest absolute Gasteiger partial charge is 0.296 e. The second-order valence-corrected chi connectivity index (χ2v) is 2.61. The third-order valence-corrected chi connectivity index (χ3v) is 1.62. The first-order chi connectivity index (χ1) is 7.06. The number of rotatable bonds is 1. The number of nitrogens with two attached hydrogens (primary N) is 1. The molecule has 1 aromatic rings. The number of aliphatic hydroxyl groups excluding tert-OH is 1. The lowest BCUT2D eigenvalue weighted by molar-refractivity contribution is -0.384. The second kappa shape index (κ2) is 4.39. The highest BCUT2D eigenvalue weighted by Gasteiger charge is 2.16. The monoisotopic (exact) mass is 210 g/mol. The summed E-state index contributed by atoms with van der Waals surface area (Å²) >= 11 is 0. The van der Waals surface area contributed by atoms with E-state index < -0.39 is 28.7 Å². The third kappa shape index (κ3) is 2.42. The summed E-state index contributed by atoms with van der Waals surface area (Å²) in [4.78, 5) is 9.67. The minimum atomic E-state index is -0.897. The zero-order chi connectivity index (χ0) is 11.4. The van der Waals surface area contributed by atoms with E-state index >= 15 is 0 Å². The molecule has 0 bridgehead atoms. The molecule has 0 spiro atoms. The van der Waals surface area contributed by atoms with E-state index in [1.54, 1.807) is 0 Å². The number of nitrogens with zero attached hydrogens (tertiary/aromatic N) is 1. The third-order valence-electron chi connectivity index (χ3n) is 1.62. The largest absolute Gasteiger partial charge is 0.391 e. The van der Waals surface area contributed by atoms with Crippen molar-refractivity contribution in [1.82, 2.24) is 0 Å². The van der Waals surface area contributed by atoms with E-state index in [-0.39, 0.29) is 5.56 Å². The first-order valence-corrected chi connectivity index (χ1v) is 3.89. The first kappa shape index (κ1) is 10.9. The van der Waals surface area contributed by atoms with Crippen molar-refractivity contribution in [2.75, 3.05) is 12.3 Å². The van der Waals surface area contributed by atoms with Gasteiger partial charge in [0.25, 0.3) is 5.69 Å². The van der Waals surface area contributed by atoms with Crippen LogP contribution in [0.25, 0.3) is 0 Å². The molecule has 0 aliphatic carbocycles. The lowest BCUT2D eigenvalue weighted by atomic mass is 10.1. The zero-order valence-electron chi connectivity index (χ0n) is 7.53. The molecule has 0 fully saturated rings. The van der Waals surface area contributed by atoms with Crippen LogP contribution in [0.2, 0.25) is 0 Å². The topological polar surface area (TPSA) is 89.4 Å². The molecule has 0 unspecified atom stereocenters. The van der Waals surface area contributed by atoms with Gasteiger partial charge in [0.05, 0.1) is 4.92 Å². The van der Waals surface area contributed by atoms with Crippen molar-refractivity contribution in [2.45, 2.75) is 0 Å². The predicted octanol–water partition coefficient (Wildman–Crippen LogP) is 0.660. The van der Waals surface area contributed by atoms with Gasteiger partial charge in [0.2, 0.25) is 0 Å². The summed E-state index contributed by atoms with van der Waals surface area (Å²) in [6.07, 6.45) is 0. The maximum atomic E-state index is 13.1. The van der Waals surface area contributed by atoms with Gasteiger partial charge in [0.15, 0.2) is 5.82 Å². The molecule has 0 aromatic heterocycles. The van der Waals surface area contributed by atoms with Crippen molar-refractivity contribution < 1.29 is 14.4 Å². The fourth-order valence-electron chi connectivity index (χ4n) is 0.968.